The Morgan fingerprint density at radius 3 is 2.73 bits per heavy atom. The third kappa shape index (κ3) is 4.44. The molecule has 0 bridgehead atoms. The quantitative estimate of drug-likeness (QED) is 0.676. The van der Waals surface area contributed by atoms with Gasteiger partial charge in [0.25, 0.3) is 0 Å². The number of carbonyl (C=O) groups is 1. The molecule has 2 heterocycles. The number of guanidine groups is 1. The molecule has 118 valence electrons. The summed E-state index contributed by atoms with van der Waals surface area (Å²) in [4.78, 5) is 20.1. The van der Waals surface area contributed by atoms with Crippen LogP contribution in [-0.4, -0.2) is 34.4 Å². The summed E-state index contributed by atoms with van der Waals surface area (Å²) < 4.78 is 5.10. The van der Waals surface area contributed by atoms with Crippen LogP contribution in [0.25, 0.3) is 0 Å². The first kappa shape index (κ1) is 15.7. The van der Waals surface area contributed by atoms with Crippen molar-refractivity contribution in [3.05, 3.63) is 30.1 Å². The summed E-state index contributed by atoms with van der Waals surface area (Å²) in [5, 5.41) is 4.23. The second kappa shape index (κ2) is 6.42. The normalized spacial score (nSPS) is 17.7. The number of rotatable bonds is 1. The number of amides is 1. The van der Waals surface area contributed by atoms with E-state index in [2.05, 4.69) is 31.4 Å². The summed E-state index contributed by atoms with van der Waals surface area (Å²) in [6.45, 7) is 7.25. The number of hydrogen-bond acceptors (Lipinski definition) is 7. The first-order valence-electron chi connectivity index (χ1n) is 6.93. The predicted molar refractivity (Wildman–Crippen MR) is 83.3 cm³/mol. The molecular weight excluding hydrogens is 284 g/mol. The van der Waals surface area contributed by atoms with E-state index in [0.717, 1.165) is 11.4 Å². The largest absolute Gasteiger partial charge is 0.443 e. The molecule has 0 fully saturated rings. The second-order valence-electron chi connectivity index (χ2n) is 5.73. The van der Waals surface area contributed by atoms with Crippen LogP contribution in [0.3, 0.4) is 0 Å². The molecule has 1 aliphatic heterocycles. The predicted octanol–water partition coefficient (Wildman–Crippen LogP) is 1.16. The molecule has 0 radical (unpaired) electrons. The van der Waals surface area contributed by atoms with Crippen LogP contribution in [0.2, 0.25) is 0 Å². The van der Waals surface area contributed by atoms with Gasteiger partial charge in [-0.2, -0.15) is 5.10 Å². The summed E-state index contributed by atoms with van der Waals surface area (Å²) in [7, 11) is 0. The fourth-order valence-corrected chi connectivity index (χ4v) is 1.75. The van der Waals surface area contributed by atoms with Gasteiger partial charge in [0.2, 0.25) is 5.96 Å². The van der Waals surface area contributed by atoms with E-state index in [4.69, 9.17) is 4.74 Å². The van der Waals surface area contributed by atoms with Crippen LogP contribution in [0.4, 0.5) is 4.79 Å². The highest BCUT2D eigenvalue weighted by Crippen LogP contribution is 2.07. The molecule has 2 rings (SSSR count). The molecule has 0 saturated carbocycles. The Morgan fingerprint density at radius 1 is 1.36 bits per heavy atom. The Bertz CT molecular complexity index is 591. The molecule has 0 aliphatic carbocycles. The minimum absolute atomic E-state index is 0.195. The summed E-state index contributed by atoms with van der Waals surface area (Å²) in [5.41, 5.74) is 8.68. The maximum atomic E-state index is 11.5. The minimum atomic E-state index is -0.593. The first-order chi connectivity index (χ1) is 10.3. The fraction of sp³-hybridized carbons (Fsp3) is 0.429. The van der Waals surface area contributed by atoms with Crippen molar-refractivity contribution in [1.29, 1.82) is 0 Å². The SMILES string of the molecule is CC1N=C(NNC(=O)OC(C)(C)C)NN=C1c1ccccn1. The Labute approximate surface area is 129 Å². The number of aromatic nitrogens is 1. The zero-order valence-corrected chi connectivity index (χ0v) is 13.0. The van der Waals surface area contributed by atoms with Crippen LogP contribution in [0.1, 0.15) is 33.4 Å². The third-order valence-electron chi connectivity index (χ3n) is 2.61. The molecule has 1 aromatic rings. The van der Waals surface area contributed by atoms with Crippen LogP contribution in [0.5, 0.6) is 0 Å². The van der Waals surface area contributed by atoms with Gasteiger partial charge in [-0.25, -0.2) is 20.6 Å². The molecule has 1 aliphatic rings. The maximum Gasteiger partial charge on any atom is 0.426 e. The van der Waals surface area contributed by atoms with Gasteiger partial charge in [-0.05, 0) is 39.8 Å². The van der Waals surface area contributed by atoms with Crippen LogP contribution >= 0.6 is 0 Å². The van der Waals surface area contributed by atoms with Crippen molar-refractivity contribution in [2.75, 3.05) is 0 Å². The molecule has 1 atom stereocenters. The summed E-state index contributed by atoms with van der Waals surface area (Å²) in [6.07, 6.45) is 1.11. The lowest BCUT2D eigenvalue weighted by Gasteiger charge is -2.22. The first-order valence-corrected chi connectivity index (χ1v) is 6.93. The molecule has 8 nitrogen and oxygen atoms in total. The third-order valence-corrected chi connectivity index (χ3v) is 2.61. The fourth-order valence-electron chi connectivity index (χ4n) is 1.75. The van der Waals surface area contributed by atoms with E-state index in [1.807, 2.05) is 25.1 Å². The second-order valence-corrected chi connectivity index (χ2v) is 5.73. The van der Waals surface area contributed by atoms with Crippen molar-refractivity contribution in [2.24, 2.45) is 10.1 Å². The Morgan fingerprint density at radius 2 is 2.14 bits per heavy atom. The van der Waals surface area contributed by atoms with E-state index < -0.39 is 11.7 Å². The van der Waals surface area contributed by atoms with E-state index in [-0.39, 0.29) is 6.04 Å². The van der Waals surface area contributed by atoms with Gasteiger partial charge in [-0.15, -0.1) is 0 Å². The van der Waals surface area contributed by atoms with Gasteiger partial charge in [0.1, 0.15) is 11.3 Å². The van der Waals surface area contributed by atoms with Gasteiger partial charge in [0.15, 0.2) is 0 Å². The van der Waals surface area contributed by atoms with Gasteiger partial charge in [0, 0.05) is 6.20 Å². The Balaban J connectivity index is 1.91. The molecular formula is C14H20N6O2. The van der Waals surface area contributed by atoms with E-state index in [1.54, 1.807) is 27.0 Å². The Hall–Kier alpha value is -2.64. The molecule has 3 N–H and O–H groups in total. The van der Waals surface area contributed by atoms with Crippen LogP contribution in [-0.2, 0) is 4.74 Å². The standard InChI is InChI=1S/C14H20N6O2/c1-9-11(10-7-5-6-8-15-10)17-18-12(16-9)19-20-13(21)22-14(2,3)4/h5-9H,1-4H3,(H,20,21)(H2,16,18,19). The van der Waals surface area contributed by atoms with E-state index in [1.165, 1.54) is 0 Å². The van der Waals surface area contributed by atoms with Crippen molar-refractivity contribution in [3.63, 3.8) is 0 Å². The smallest absolute Gasteiger partial charge is 0.426 e. The maximum absolute atomic E-state index is 11.5. The molecule has 1 aromatic heterocycles. The highest BCUT2D eigenvalue weighted by Gasteiger charge is 2.20. The van der Waals surface area contributed by atoms with Gasteiger partial charge in [0.05, 0.1) is 11.7 Å². The van der Waals surface area contributed by atoms with Crippen LogP contribution in [0, 0.1) is 0 Å². The zero-order chi connectivity index (χ0) is 16.2. The molecule has 0 saturated heterocycles. The van der Waals surface area contributed by atoms with Crippen LogP contribution < -0.4 is 16.3 Å². The molecule has 1 amide bonds. The van der Waals surface area contributed by atoms with Crippen LogP contribution in [0.15, 0.2) is 34.5 Å². The minimum Gasteiger partial charge on any atom is -0.443 e. The lowest BCUT2D eigenvalue weighted by molar-refractivity contribution is 0.0512. The highest BCUT2D eigenvalue weighted by molar-refractivity contribution is 6.05. The topological polar surface area (TPSA) is 100 Å². The van der Waals surface area contributed by atoms with Crippen molar-refractivity contribution in [2.45, 2.75) is 39.3 Å². The van der Waals surface area contributed by atoms with E-state index in [9.17, 15) is 4.79 Å². The molecule has 8 heteroatoms. The van der Waals surface area contributed by atoms with Gasteiger partial charge < -0.3 is 4.74 Å². The summed E-state index contributed by atoms with van der Waals surface area (Å²) >= 11 is 0. The Kier molecular flexibility index (Phi) is 4.59. The highest BCUT2D eigenvalue weighted by atomic mass is 16.6. The number of nitrogens with zero attached hydrogens (tertiary/aromatic N) is 3. The van der Waals surface area contributed by atoms with Gasteiger partial charge in [-0.3, -0.25) is 10.4 Å². The zero-order valence-electron chi connectivity index (χ0n) is 13.0. The number of carbonyl (C=O) groups excluding carboxylic acids is 1. The van der Waals surface area contributed by atoms with E-state index >= 15 is 0 Å². The monoisotopic (exact) mass is 304 g/mol. The summed E-state index contributed by atoms with van der Waals surface area (Å²) in [6, 6.07) is 5.40. The number of ether oxygens (including phenoxy) is 1. The number of hydrazone groups is 1. The summed E-state index contributed by atoms with van der Waals surface area (Å²) in [5.74, 6) is 0.332. The average molecular weight is 304 g/mol. The molecule has 0 aromatic carbocycles. The lowest BCUT2D eigenvalue weighted by Crippen LogP contribution is -2.50. The van der Waals surface area contributed by atoms with Crippen molar-refractivity contribution in [3.8, 4) is 0 Å². The van der Waals surface area contributed by atoms with Crippen molar-refractivity contribution in [1.82, 2.24) is 21.3 Å². The van der Waals surface area contributed by atoms with Crippen molar-refractivity contribution < 1.29 is 9.53 Å². The number of hydrogen-bond donors (Lipinski definition) is 3. The molecule has 1 unspecified atom stereocenters. The van der Waals surface area contributed by atoms with Gasteiger partial charge >= 0.3 is 6.09 Å². The van der Waals surface area contributed by atoms with Gasteiger partial charge in [-0.1, -0.05) is 6.07 Å². The number of hydrazine groups is 1. The van der Waals surface area contributed by atoms with Crippen molar-refractivity contribution >= 4 is 17.8 Å². The number of aliphatic imine (C=N–C) groups is 1. The molecule has 0 spiro atoms. The number of nitrogens with one attached hydrogen (secondary N) is 3. The number of pyridine rings is 1. The lowest BCUT2D eigenvalue weighted by atomic mass is 10.1. The molecule has 22 heavy (non-hydrogen) atoms. The average Bonchev–Trinajstić information content (AvgIpc) is 2.44. The van der Waals surface area contributed by atoms with E-state index in [0.29, 0.717) is 5.96 Å².